The van der Waals surface area contributed by atoms with Gasteiger partial charge in [0.2, 0.25) is 0 Å². The summed E-state index contributed by atoms with van der Waals surface area (Å²) in [7, 11) is 0. The van der Waals surface area contributed by atoms with Crippen molar-refractivity contribution in [1.82, 2.24) is 19.7 Å². The number of nitrogens with zero attached hydrogens (tertiary/aromatic N) is 4. The molecule has 0 spiro atoms. The van der Waals surface area contributed by atoms with Crippen molar-refractivity contribution in [2.24, 2.45) is 5.73 Å². The Hall–Kier alpha value is -3.70. The Labute approximate surface area is 164 Å². The number of amides is 1. The van der Waals surface area contributed by atoms with Gasteiger partial charge in [0.15, 0.2) is 5.82 Å². The molecule has 6 nitrogen and oxygen atoms in total. The van der Waals surface area contributed by atoms with E-state index in [2.05, 4.69) is 15.1 Å². The van der Waals surface area contributed by atoms with Gasteiger partial charge in [-0.3, -0.25) is 9.78 Å². The lowest BCUT2D eigenvalue weighted by molar-refractivity contribution is -0.143. The quantitative estimate of drug-likeness (QED) is 0.506. The average molecular weight is 427 g/mol. The fourth-order valence-corrected chi connectivity index (χ4v) is 2.46. The second kappa shape index (κ2) is 7.61. The number of carbonyl (C=O) groups excluding carboxylic acids is 1. The van der Waals surface area contributed by atoms with Crippen LogP contribution in [-0.4, -0.2) is 25.7 Å². The summed E-state index contributed by atoms with van der Waals surface area (Å²) in [5.41, 5.74) is 1.93. The number of alkyl halides is 6. The minimum absolute atomic E-state index is 0.00661. The molecule has 3 aromatic rings. The molecule has 3 rings (SSSR count). The number of benzene rings is 1. The van der Waals surface area contributed by atoms with Gasteiger partial charge in [-0.1, -0.05) is 6.07 Å². The van der Waals surface area contributed by atoms with E-state index in [-0.39, 0.29) is 17.3 Å². The molecular weight excluding hydrogens is 416 g/mol. The van der Waals surface area contributed by atoms with Crippen molar-refractivity contribution in [3.8, 4) is 11.4 Å². The first-order valence-electron chi connectivity index (χ1n) is 8.09. The summed E-state index contributed by atoms with van der Waals surface area (Å²) >= 11 is 0. The monoisotopic (exact) mass is 427 g/mol. The van der Waals surface area contributed by atoms with Crippen molar-refractivity contribution in [2.45, 2.75) is 12.4 Å². The number of pyridine rings is 1. The predicted octanol–water partition coefficient (Wildman–Crippen LogP) is 3.86. The highest BCUT2D eigenvalue weighted by Gasteiger charge is 2.37. The highest BCUT2D eigenvalue weighted by atomic mass is 19.4. The Morgan fingerprint density at radius 3 is 2.10 bits per heavy atom. The molecule has 1 aromatic carbocycles. The average Bonchev–Trinajstić information content (AvgIpc) is 3.13. The minimum Gasteiger partial charge on any atom is -0.365 e. The van der Waals surface area contributed by atoms with Crippen LogP contribution in [0.25, 0.3) is 23.2 Å². The molecule has 1 amide bonds. The maximum atomic E-state index is 13.0. The van der Waals surface area contributed by atoms with Crippen LogP contribution in [0.4, 0.5) is 26.3 Å². The van der Waals surface area contributed by atoms with Crippen molar-refractivity contribution in [2.75, 3.05) is 0 Å². The van der Waals surface area contributed by atoms with E-state index in [1.165, 1.54) is 12.3 Å². The molecule has 2 heterocycles. The molecule has 0 saturated carbocycles. The van der Waals surface area contributed by atoms with Gasteiger partial charge >= 0.3 is 12.4 Å². The van der Waals surface area contributed by atoms with Gasteiger partial charge < -0.3 is 5.73 Å². The molecule has 2 aromatic heterocycles. The molecule has 0 atom stereocenters. The molecule has 0 aliphatic carbocycles. The first kappa shape index (κ1) is 21.0. The lowest BCUT2D eigenvalue weighted by Crippen LogP contribution is -2.14. The molecule has 0 aliphatic rings. The SMILES string of the molecule is NC(=O)/C(=C/n1cnc(-c2cc(C(F)(F)F)cc(C(F)(F)F)c2)n1)c1ccccn1. The molecule has 156 valence electrons. The van der Waals surface area contributed by atoms with Gasteiger partial charge in [-0.25, -0.2) is 9.67 Å². The Balaban J connectivity index is 2.06. The van der Waals surface area contributed by atoms with Gasteiger partial charge in [0, 0.05) is 18.0 Å². The zero-order valence-electron chi connectivity index (χ0n) is 14.7. The molecule has 0 bridgehead atoms. The normalized spacial score (nSPS) is 12.8. The van der Waals surface area contributed by atoms with Crippen LogP contribution in [0.3, 0.4) is 0 Å². The Morgan fingerprint density at radius 1 is 0.967 bits per heavy atom. The predicted molar refractivity (Wildman–Crippen MR) is 93.1 cm³/mol. The van der Waals surface area contributed by atoms with Crippen LogP contribution >= 0.6 is 0 Å². The van der Waals surface area contributed by atoms with Crippen LogP contribution in [0.2, 0.25) is 0 Å². The third-order valence-corrected chi connectivity index (χ3v) is 3.82. The zero-order valence-corrected chi connectivity index (χ0v) is 14.7. The van der Waals surface area contributed by atoms with E-state index in [9.17, 15) is 31.1 Å². The van der Waals surface area contributed by atoms with E-state index in [1.807, 2.05) is 0 Å². The van der Waals surface area contributed by atoms with E-state index in [0.717, 1.165) is 17.2 Å². The number of halogens is 6. The highest BCUT2D eigenvalue weighted by Crippen LogP contribution is 2.38. The summed E-state index contributed by atoms with van der Waals surface area (Å²) in [5, 5.41) is 3.83. The van der Waals surface area contributed by atoms with Gasteiger partial charge in [-0.05, 0) is 30.3 Å². The molecule has 0 fully saturated rings. The first-order valence-corrected chi connectivity index (χ1v) is 8.09. The van der Waals surface area contributed by atoms with Gasteiger partial charge in [0.05, 0.1) is 22.4 Å². The van der Waals surface area contributed by atoms with E-state index in [1.54, 1.807) is 12.1 Å². The molecule has 0 radical (unpaired) electrons. The van der Waals surface area contributed by atoms with Crippen LogP contribution in [-0.2, 0) is 17.1 Å². The van der Waals surface area contributed by atoms with E-state index in [4.69, 9.17) is 5.73 Å². The molecule has 2 N–H and O–H groups in total. The summed E-state index contributed by atoms with van der Waals surface area (Å²) in [6.45, 7) is 0. The van der Waals surface area contributed by atoms with E-state index < -0.39 is 40.8 Å². The number of primary amides is 1. The maximum absolute atomic E-state index is 13.0. The number of aromatic nitrogens is 4. The fourth-order valence-electron chi connectivity index (χ4n) is 2.46. The molecule has 12 heteroatoms. The van der Waals surface area contributed by atoms with Crippen LogP contribution < -0.4 is 5.73 Å². The van der Waals surface area contributed by atoms with Crippen molar-refractivity contribution in [3.05, 3.63) is 65.7 Å². The Bertz CT molecular complexity index is 1070. The second-order valence-electron chi connectivity index (χ2n) is 5.96. The van der Waals surface area contributed by atoms with Crippen LogP contribution in [0.5, 0.6) is 0 Å². The second-order valence-corrected chi connectivity index (χ2v) is 5.96. The Morgan fingerprint density at radius 2 is 1.60 bits per heavy atom. The standard InChI is InChI=1S/C18H11F6N5O/c19-17(20,21)11-5-10(6-12(7-11)18(22,23)24)16-27-9-29(28-16)8-13(15(25)30)14-3-1-2-4-26-14/h1-9H,(H2,25,30)/b13-8+. The first-order chi connectivity index (χ1) is 13.9. The molecule has 0 saturated heterocycles. The summed E-state index contributed by atoms with van der Waals surface area (Å²) in [4.78, 5) is 19.4. The smallest absolute Gasteiger partial charge is 0.365 e. The minimum atomic E-state index is -5.00. The number of nitrogens with two attached hydrogens (primary N) is 1. The lowest BCUT2D eigenvalue weighted by atomic mass is 10.0. The molecule has 30 heavy (non-hydrogen) atoms. The summed E-state index contributed by atoms with van der Waals surface area (Å²) in [5.74, 6) is -1.28. The molecule has 0 aliphatic heterocycles. The van der Waals surface area contributed by atoms with Crippen LogP contribution in [0, 0.1) is 0 Å². The summed E-state index contributed by atoms with van der Waals surface area (Å²) < 4.78 is 79.1. The molecular formula is C18H11F6N5O. The summed E-state index contributed by atoms with van der Waals surface area (Å²) in [6, 6.07) is 5.69. The largest absolute Gasteiger partial charge is 0.416 e. The number of rotatable bonds is 4. The van der Waals surface area contributed by atoms with Crippen molar-refractivity contribution in [1.29, 1.82) is 0 Å². The maximum Gasteiger partial charge on any atom is 0.416 e. The van der Waals surface area contributed by atoms with Gasteiger partial charge in [0.25, 0.3) is 5.91 Å². The number of hydrogen-bond donors (Lipinski definition) is 1. The number of carbonyl (C=O) groups is 1. The third-order valence-electron chi connectivity index (χ3n) is 3.82. The van der Waals surface area contributed by atoms with E-state index in [0.29, 0.717) is 12.1 Å². The topological polar surface area (TPSA) is 86.7 Å². The van der Waals surface area contributed by atoms with Gasteiger partial charge in [-0.2, -0.15) is 26.3 Å². The van der Waals surface area contributed by atoms with Crippen molar-refractivity contribution >= 4 is 17.7 Å². The highest BCUT2D eigenvalue weighted by molar-refractivity contribution is 6.21. The van der Waals surface area contributed by atoms with Gasteiger partial charge in [-0.15, -0.1) is 5.10 Å². The fraction of sp³-hybridized carbons (Fsp3) is 0.111. The van der Waals surface area contributed by atoms with Crippen molar-refractivity contribution < 1.29 is 31.1 Å². The molecule has 0 unspecified atom stereocenters. The van der Waals surface area contributed by atoms with E-state index >= 15 is 0 Å². The van der Waals surface area contributed by atoms with Gasteiger partial charge in [0.1, 0.15) is 6.33 Å². The summed E-state index contributed by atoms with van der Waals surface area (Å²) in [6.07, 6.45) is -6.48. The Kier molecular flexibility index (Phi) is 5.33. The number of hydrogen-bond acceptors (Lipinski definition) is 4. The van der Waals surface area contributed by atoms with Crippen molar-refractivity contribution in [3.63, 3.8) is 0 Å². The third kappa shape index (κ3) is 4.64. The lowest BCUT2D eigenvalue weighted by Gasteiger charge is -2.13. The zero-order chi connectivity index (χ0) is 22.1. The van der Waals surface area contributed by atoms with Crippen LogP contribution in [0.15, 0.2) is 48.9 Å². The van der Waals surface area contributed by atoms with Crippen LogP contribution in [0.1, 0.15) is 16.8 Å².